The molecule has 0 aliphatic carbocycles. The van der Waals surface area contributed by atoms with Crippen LogP contribution in [0.2, 0.25) is 0 Å². The molecule has 0 bridgehead atoms. The second-order valence-electron chi connectivity index (χ2n) is 8.20. The molecule has 1 saturated heterocycles. The second-order valence-corrected chi connectivity index (χ2v) is 9.14. The lowest BCUT2D eigenvalue weighted by Gasteiger charge is -2.39. The minimum Gasteiger partial charge on any atom is -0.496 e. The molecule has 0 amide bonds. The van der Waals surface area contributed by atoms with Gasteiger partial charge in [0, 0.05) is 43.2 Å². The number of halogens is 1. The van der Waals surface area contributed by atoms with Gasteiger partial charge in [0.1, 0.15) is 10.8 Å². The summed E-state index contributed by atoms with van der Waals surface area (Å²) >= 11 is 1.69. The van der Waals surface area contributed by atoms with Crippen LogP contribution in [-0.2, 0) is 16.7 Å². The van der Waals surface area contributed by atoms with Gasteiger partial charge in [-0.2, -0.15) is 0 Å². The molecule has 0 atom stereocenters. The van der Waals surface area contributed by atoms with Crippen LogP contribution in [0.4, 0.5) is 0 Å². The molecular formula is C23H35IN4O2S. The molecule has 6 nitrogen and oxygen atoms in total. The van der Waals surface area contributed by atoms with Crippen molar-refractivity contribution in [2.24, 2.45) is 4.99 Å². The molecule has 31 heavy (non-hydrogen) atoms. The van der Waals surface area contributed by atoms with E-state index in [4.69, 9.17) is 14.5 Å². The van der Waals surface area contributed by atoms with Gasteiger partial charge in [0.2, 0.25) is 0 Å². The normalized spacial score (nSPS) is 16.0. The molecule has 0 radical (unpaired) electrons. The van der Waals surface area contributed by atoms with E-state index in [0.717, 1.165) is 55.0 Å². The molecule has 1 aliphatic rings. The fraction of sp³-hybridized carbons (Fsp3) is 0.565. The Hall–Kier alpha value is -1.39. The summed E-state index contributed by atoms with van der Waals surface area (Å²) in [6.45, 7) is 9.40. The number of hydrogen-bond donors (Lipinski definition) is 2. The summed E-state index contributed by atoms with van der Waals surface area (Å²) in [7, 11) is 3.55. The number of rotatable bonds is 7. The zero-order valence-electron chi connectivity index (χ0n) is 19.2. The summed E-state index contributed by atoms with van der Waals surface area (Å²) in [5.41, 5.74) is 3.58. The zero-order valence-corrected chi connectivity index (χ0v) is 22.3. The van der Waals surface area contributed by atoms with Gasteiger partial charge >= 0.3 is 0 Å². The Morgan fingerprint density at radius 2 is 2.03 bits per heavy atom. The van der Waals surface area contributed by atoms with E-state index < -0.39 is 0 Å². The number of benzene rings is 1. The highest BCUT2D eigenvalue weighted by atomic mass is 127. The van der Waals surface area contributed by atoms with Gasteiger partial charge in [0.25, 0.3) is 0 Å². The molecule has 2 heterocycles. The predicted octanol–water partition coefficient (Wildman–Crippen LogP) is 4.61. The Morgan fingerprint density at radius 3 is 2.65 bits per heavy atom. The molecule has 2 aromatic rings. The lowest BCUT2D eigenvalue weighted by molar-refractivity contribution is 0.0505. The van der Waals surface area contributed by atoms with Crippen LogP contribution in [0.3, 0.4) is 0 Å². The number of nitrogens with one attached hydrogen (secondary N) is 2. The Labute approximate surface area is 207 Å². The number of aromatic nitrogens is 1. The third-order valence-corrected chi connectivity index (χ3v) is 6.63. The maximum atomic E-state index is 5.72. The van der Waals surface area contributed by atoms with Crippen molar-refractivity contribution < 1.29 is 9.47 Å². The summed E-state index contributed by atoms with van der Waals surface area (Å²) in [5.74, 6) is 2.18. The number of methoxy groups -OCH3 is 1. The maximum absolute atomic E-state index is 5.72. The number of thiazole rings is 1. The fourth-order valence-electron chi connectivity index (χ4n) is 3.84. The van der Waals surface area contributed by atoms with Crippen molar-refractivity contribution in [1.29, 1.82) is 0 Å². The van der Waals surface area contributed by atoms with E-state index in [0.29, 0.717) is 12.5 Å². The van der Waals surface area contributed by atoms with Gasteiger partial charge in [-0.15, -0.1) is 35.3 Å². The minimum absolute atomic E-state index is 0. The van der Waals surface area contributed by atoms with Gasteiger partial charge in [-0.05, 0) is 31.7 Å². The fourth-order valence-corrected chi connectivity index (χ4v) is 4.74. The number of ether oxygens (including phenoxy) is 2. The Kier molecular flexibility index (Phi) is 10.0. The monoisotopic (exact) mass is 558 g/mol. The smallest absolute Gasteiger partial charge is 0.191 e. The zero-order chi connectivity index (χ0) is 21.6. The van der Waals surface area contributed by atoms with E-state index in [9.17, 15) is 0 Å². The van der Waals surface area contributed by atoms with Crippen molar-refractivity contribution in [2.45, 2.75) is 51.5 Å². The Morgan fingerprint density at radius 1 is 1.29 bits per heavy atom. The molecular weight excluding hydrogens is 523 g/mol. The Bertz CT molecular complexity index is 863. The van der Waals surface area contributed by atoms with Crippen molar-refractivity contribution in [2.75, 3.05) is 33.9 Å². The minimum atomic E-state index is -0.0563. The van der Waals surface area contributed by atoms with Gasteiger partial charge in [-0.25, -0.2) is 4.98 Å². The van der Waals surface area contributed by atoms with Crippen LogP contribution in [0.15, 0.2) is 28.6 Å². The van der Waals surface area contributed by atoms with Crippen LogP contribution >= 0.6 is 35.3 Å². The first-order valence-corrected chi connectivity index (χ1v) is 11.5. The average Bonchev–Trinajstić information content (AvgIpc) is 3.24. The number of hydrogen-bond acceptors (Lipinski definition) is 5. The summed E-state index contributed by atoms with van der Waals surface area (Å²) in [6, 6.07) is 6.43. The van der Waals surface area contributed by atoms with Gasteiger partial charge < -0.3 is 20.1 Å². The molecule has 3 rings (SSSR count). The van der Waals surface area contributed by atoms with Crippen molar-refractivity contribution in [3.05, 3.63) is 45.4 Å². The van der Waals surface area contributed by atoms with Crippen molar-refractivity contribution >= 4 is 41.3 Å². The van der Waals surface area contributed by atoms with Gasteiger partial charge in [0.05, 0.1) is 19.3 Å². The highest BCUT2D eigenvalue weighted by molar-refractivity contribution is 14.0. The number of aliphatic imine (C=N–C) groups is 1. The molecule has 1 aromatic carbocycles. The second kappa shape index (κ2) is 12.0. The molecule has 0 unspecified atom stereocenters. The number of aryl methyl sites for hydroxylation is 1. The average molecular weight is 559 g/mol. The van der Waals surface area contributed by atoms with Gasteiger partial charge in [0.15, 0.2) is 5.96 Å². The van der Waals surface area contributed by atoms with E-state index in [1.54, 1.807) is 25.5 Å². The summed E-state index contributed by atoms with van der Waals surface area (Å²) in [4.78, 5) is 9.12. The Balaban J connectivity index is 0.00000341. The molecule has 0 spiro atoms. The molecule has 2 N–H and O–H groups in total. The molecule has 8 heteroatoms. The third kappa shape index (κ3) is 6.55. The standard InChI is InChI=1S/C23H34N4O2S.HI/c1-16(2)19-14-30-21(27-19)13-25-22(24-4)26-15-23(8-10-29-11-9-23)18-12-17(3)6-7-20(18)28-5;/h6-7,12,14,16H,8-11,13,15H2,1-5H3,(H2,24,25,26);1H. The van der Waals surface area contributed by atoms with E-state index in [1.165, 1.54) is 11.1 Å². The van der Waals surface area contributed by atoms with E-state index >= 15 is 0 Å². The number of guanidine groups is 1. The van der Waals surface area contributed by atoms with Gasteiger partial charge in [-0.1, -0.05) is 31.5 Å². The largest absolute Gasteiger partial charge is 0.496 e. The summed E-state index contributed by atoms with van der Waals surface area (Å²) in [6.07, 6.45) is 1.89. The first-order chi connectivity index (χ1) is 14.5. The molecule has 1 aromatic heterocycles. The molecule has 172 valence electrons. The van der Waals surface area contributed by atoms with Crippen LogP contribution in [0.25, 0.3) is 0 Å². The maximum Gasteiger partial charge on any atom is 0.191 e. The van der Waals surface area contributed by atoms with Gasteiger partial charge in [-0.3, -0.25) is 4.99 Å². The van der Waals surface area contributed by atoms with Crippen LogP contribution in [0.5, 0.6) is 5.75 Å². The van der Waals surface area contributed by atoms with Crippen LogP contribution < -0.4 is 15.4 Å². The van der Waals surface area contributed by atoms with Crippen molar-refractivity contribution in [1.82, 2.24) is 15.6 Å². The van der Waals surface area contributed by atoms with E-state index in [2.05, 4.69) is 60.0 Å². The first kappa shape index (κ1) is 25.9. The summed E-state index contributed by atoms with van der Waals surface area (Å²) < 4.78 is 11.4. The predicted molar refractivity (Wildman–Crippen MR) is 139 cm³/mol. The molecule has 1 aliphatic heterocycles. The van der Waals surface area contributed by atoms with Crippen LogP contribution in [-0.4, -0.2) is 44.9 Å². The number of nitrogens with zero attached hydrogens (tertiary/aromatic N) is 2. The highest BCUT2D eigenvalue weighted by Gasteiger charge is 2.37. The lowest BCUT2D eigenvalue weighted by Crippen LogP contribution is -2.48. The van der Waals surface area contributed by atoms with Crippen LogP contribution in [0.1, 0.15) is 54.4 Å². The SMILES string of the molecule is CN=C(NCc1nc(C(C)C)cs1)NCC1(c2cc(C)ccc2OC)CCOCC1.I. The van der Waals surface area contributed by atoms with E-state index in [-0.39, 0.29) is 29.4 Å². The van der Waals surface area contributed by atoms with E-state index in [1.807, 2.05) is 0 Å². The van der Waals surface area contributed by atoms with Crippen LogP contribution in [0, 0.1) is 6.92 Å². The van der Waals surface area contributed by atoms with Crippen molar-refractivity contribution in [3.63, 3.8) is 0 Å². The molecule has 0 saturated carbocycles. The summed E-state index contributed by atoms with van der Waals surface area (Å²) in [5, 5.41) is 10.2. The highest BCUT2D eigenvalue weighted by Crippen LogP contribution is 2.40. The third-order valence-electron chi connectivity index (χ3n) is 5.76. The molecule has 1 fully saturated rings. The topological polar surface area (TPSA) is 67.8 Å². The lowest BCUT2D eigenvalue weighted by atomic mass is 9.73. The quantitative estimate of drug-likeness (QED) is 0.295. The van der Waals surface area contributed by atoms with Crippen molar-refractivity contribution in [3.8, 4) is 5.75 Å². The first-order valence-electron chi connectivity index (χ1n) is 10.6.